The van der Waals surface area contributed by atoms with Crippen LogP contribution in [0.3, 0.4) is 0 Å². The second kappa shape index (κ2) is 5.03. The summed E-state index contributed by atoms with van der Waals surface area (Å²) in [6.45, 7) is 2.47. The fourth-order valence-electron chi connectivity index (χ4n) is 1.95. The van der Waals surface area contributed by atoms with Crippen molar-refractivity contribution in [1.82, 2.24) is 14.8 Å². The van der Waals surface area contributed by atoms with Gasteiger partial charge in [-0.05, 0) is 13.0 Å². The number of carbonyl (C=O) groups excluding carboxylic acids is 2. The molecule has 0 saturated carbocycles. The quantitative estimate of drug-likeness (QED) is 0.762. The van der Waals surface area contributed by atoms with E-state index in [0.717, 1.165) is 0 Å². The predicted octanol–water partition coefficient (Wildman–Crippen LogP) is -0.805. The molecule has 0 aromatic carbocycles. The van der Waals surface area contributed by atoms with E-state index in [2.05, 4.69) is 5.32 Å². The number of rotatable bonds is 3. The highest BCUT2D eigenvalue weighted by atomic mass is 16.2. The van der Waals surface area contributed by atoms with Crippen LogP contribution in [0.4, 0.5) is 0 Å². The lowest BCUT2D eigenvalue weighted by atomic mass is 10.2. The van der Waals surface area contributed by atoms with Crippen molar-refractivity contribution in [2.75, 3.05) is 13.1 Å². The minimum absolute atomic E-state index is 0.0346. The smallest absolute Gasteiger partial charge is 0.250 e. The number of hydrogen-bond donors (Lipinski definition) is 1. The van der Waals surface area contributed by atoms with Crippen LogP contribution in [0.5, 0.6) is 0 Å². The maximum Gasteiger partial charge on any atom is 0.250 e. The van der Waals surface area contributed by atoms with Crippen molar-refractivity contribution in [2.24, 2.45) is 0 Å². The van der Waals surface area contributed by atoms with E-state index in [1.54, 1.807) is 25.3 Å². The largest absolute Gasteiger partial charge is 0.345 e. The van der Waals surface area contributed by atoms with Crippen molar-refractivity contribution in [3.63, 3.8) is 0 Å². The molecular formula is C12H15N3O3. The number of amides is 2. The van der Waals surface area contributed by atoms with Gasteiger partial charge in [0.1, 0.15) is 6.04 Å². The Balaban J connectivity index is 2.05. The summed E-state index contributed by atoms with van der Waals surface area (Å²) in [5.74, 6) is -0.277. The Hall–Kier alpha value is -2.11. The Morgan fingerprint density at radius 1 is 1.28 bits per heavy atom. The fourth-order valence-corrected chi connectivity index (χ4v) is 1.95. The summed E-state index contributed by atoms with van der Waals surface area (Å²) in [6, 6.07) is 4.41. The lowest BCUT2D eigenvalue weighted by Gasteiger charge is -2.32. The van der Waals surface area contributed by atoms with Crippen LogP contribution >= 0.6 is 0 Å². The molecule has 2 amide bonds. The standard InChI is InChI=1S/C12H15N3O3/c1-9-12(18)13-8-11(17)15(9)7-6-14-5-3-2-4-10(14)16/h2-5,9H,6-8H2,1H3,(H,13,18). The van der Waals surface area contributed by atoms with Gasteiger partial charge >= 0.3 is 0 Å². The third kappa shape index (κ3) is 2.42. The molecule has 0 aliphatic carbocycles. The van der Waals surface area contributed by atoms with Crippen molar-refractivity contribution in [3.8, 4) is 0 Å². The van der Waals surface area contributed by atoms with Gasteiger partial charge in [-0.2, -0.15) is 0 Å². The third-order valence-electron chi connectivity index (χ3n) is 3.06. The summed E-state index contributed by atoms with van der Waals surface area (Å²) in [7, 11) is 0. The van der Waals surface area contributed by atoms with Crippen molar-refractivity contribution >= 4 is 11.8 Å². The first kappa shape index (κ1) is 12.3. The Kier molecular flexibility index (Phi) is 3.45. The number of aromatic nitrogens is 1. The normalized spacial score (nSPS) is 19.8. The zero-order valence-corrected chi connectivity index (χ0v) is 10.1. The van der Waals surface area contributed by atoms with Gasteiger partial charge in [0.15, 0.2) is 0 Å². The zero-order valence-electron chi connectivity index (χ0n) is 10.1. The topological polar surface area (TPSA) is 71.4 Å². The van der Waals surface area contributed by atoms with Crippen molar-refractivity contribution < 1.29 is 9.59 Å². The molecular weight excluding hydrogens is 234 g/mol. The molecule has 6 heteroatoms. The molecule has 0 radical (unpaired) electrons. The van der Waals surface area contributed by atoms with Crippen molar-refractivity contribution in [1.29, 1.82) is 0 Å². The molecule has 1 aliphatic heterocycles. The van der Waals surface area contributed by atoms with Gasteiger partial charge in [-0.3, -0.25) is 14.4 Å². The summed E-state index contributed by atoms with van der Waals surface area (Å²) in [5, 5.41) is 2.52. The van der Waals surface area contributed by atoms with Gasteiger partial charge in [0.25, 0.3) is 5.56 Å². The molecule has 1 saturated heterocycles. The van der Waals surface area contributed by atoms with Crippen LogP contribution in [0, 0.1) is 0 Å². The average Bonchev–Trinajstić information content (AvgIpc) is 2.36. The third-order valence-corrected chi connectivity index (χ3v) is 3.06. The molecule has 0 spiro atoms. The maximum atomic E-state index is 11.7. The highest BCUT2D eigenvalue weighted by Gasteiger charge is 2.30. The molecule has 2 heterocycles. The molecule has 1 N–H and O–H groups in total. The lowest BCUT2D eigenvalue weighted by Crippen LogP contribution is -2.57. The molecule has 1 atom stereocenters. The molecule has 1 unspecified atom stereocenters. The van der Waals surface area contributed by atoms with E-state index in [1.807, 2.05) is 0 Å². The molecule has 1 aromatic rings. The highest BCUT2D eigenvalue weighted by molar-refractivity contribution is 5.94. The summed E-state index contributed by atoms with van der Waals surface area (Å²) < 4.78 is 1.52. The van der Waals surface area contributed by atoms with Crippen molar-refractivity contribution in [2.45, 2.75) is 19.5 Å². The van der Waals surface area contributed by atoms with E-state index in [0.29, 0.717) is 13.1 Å². The summed E-state index contributed by atoms with van der Waals surface area (Å²) >= 11 is 0. The van der Waals surface area contributed by atoms with Crippen LogP contribution in [0.25, 0.3) is 0 Å². The van der Waals surface area contributed by atoms with Crippen LogP contribution in [0.15, 0.2) is 29.2 Å². The van der Waals surface area contributed by atoms with E-state index >= 15 is 0 Å². The molecule has 2 rings (SSSR count). The predicted molar refractivity (Wildman–Crippen MR) is 64.9 cm³/mol. The second-order valence-electron chi connectivity index (χ2n) is 4.21. The van der Waals surface area contributed by atoms with Crippen molar-refractivity contribution in [3.05, 3.63) is 34.7 Å². The molecule has 1 aliphatic rings. The average molecular weight is 249 g/mol. The van der Waals surface area contributed by atoms with Gasteiger partial charge in [-0.1, -0.05) is 6.07 Å². The zero-order chi connectivity index (χ0) is 13.1. The van der Waals surface area contributed by atoms with Gasteiger partial charge in [0.2, 0.25) is 11.8 Å². The van der Waals surface area contributed by atoms with E-state index in [9.17, 15) is 14.4 Å². The minimum atomic E-state index is -0.481. The molecule has 1 aromatic heterocycles. The van der Waals surface area contributed by atoms with Crippen LogP contribution in [0.2, 0.25) is 0 Å². The lowest BCUT2D eigenvalue weighted by molar-refractivity contribution is -0.144. The van der Waals surface area contributed by atoms with E-state index in [1.165, 1.54) is 15.5 Å². The molecule has 18 heavy (non-hydrogen) atoms. The summed E-state index contributed by atoms with van der Waals surface area (Å²) in [4.78, 5) is 36.1. The van der Waals surface area contributed by atoms with Gasteiger partial charge < -0.3 is 14.8 Å². The maximum absolute atomic E-state index is 11.7. The van der Waals surface area contributed by atoms with E-state index in [4.69, 9.17) is 0 Å². The van der Waals surface area contributed by atoms with E-state index in [-0.39, 0.29) is 23.9 Å². The Morgan fingerprint density at radius 3 is 2.78 bits per heavy atom. The number of nitrogens with one attached hydrogen (secondary N) is 1. The first-order valence-corrected chi connectivity index (χ1v) is 5.82. The number of hydrogen-bond acceptors (Lipinski definition) is 3. The SMILES string of the molecule is CC1C(=O)NCC(=O)N1CCn1ccccc1=O. The number of carbonyl (C=O) groups is 2. The molecule has 1 fully saturated rings. The first-order valence-electron chi connectivity index (χ1n) is 5.82. The molecule has 6 nitrogen and oxygen atoms in total. The Bertz CT molecular complexity index is 523. The summed E-state index contributed by atoms with van der Waals surface area (Å²) in [5.41, 5.74) is -0.112. The highest BCUT2D eigenvalue weighted by Crippen LogP contribution is 2.05. The number of piperazine rings is 1. The van der Waals surface area contributed by atoms with Crippen LogP contribution < -0.4 is 10.9 Å². The number of pyridine rings is 1. The Morgan fingerprint density at radius 2 is 2.06 bits per heavy atom. The minimum Gasteiger partial charge on any atom is -0.345 e. The van der Waals surface area contributed by atoms with Crippen LogP contribution in [-0.4, -0.2) is 40.4 Å². The fraction of sp³-hybridized carbons (Fsp3) is 0.417. The van der Waals surface area contributed by atoms with Gasteiger partial charge in [-0.15, -0.1) is 0 Å². The van der Waals surface area contributed by atoms with Crippen LogP contribution in [-0.2, 0) is 16.1 Å². The van der Waals surface area contributed by atoms with Crippen LogP contribution in [0.1, 0.15) is 6.92 Å². The van der Waals surface area contributed by atoms with Gasteiger partial charge in [0, 0.05) is 25.4 Å². The molecule has 96 valence electrons. The molecule has 0 bridgehead atoms. The monoisotopic (exact) mass is 249 g/mol. The second-order valence-corrected chi connectivity index (χ2v) is 4.21. The van der Waals surface area contributed by atoms with E-state index < -0.39 is 6.04 Å². The van der Waals surface area contributed by atoms with Gasteiger partial charge in [0.05, 0.1) is 6.54 Å². The number of nitrogens with zero attached hydrogens (tertiary/aromatic N) is 2. The van der Waals surface area contributed by atoms with Gasteiger partial charge in [-0.25, -0.2) is 0 Å². The Labute approximate surface area is 104 Å². The summed E-state index contributed by atoms with van der Waals surface area (Å²) in [6.07, 6.45) is 1.67. The first-order chi connectivity index (χ1) is 8.59.